The highest BCUT2D eigenvalue weighted by Crippen LogP contribution is 2.52. The summed E-state index contributed by atoms with van der Waals surface area (Å²) in [4.78, 5) is 22.4. The predicted molar refractivity (Wildman–Crippen MR) is 131 cm³/mol. The molecule has 4 aromatic rings. The van der Waals surface area contributed by atoms with Crippen molar-refractivity contribution in [2.75, 3.05) is 18.8 Å². The summed E-state index contributed by atoms with van der Waals surface area (Å²) in [5.41, 5.74) is 11.1. The Kier molecular flexibility index (Phi) is 4.97. The molecular weight excluding hydrogens is 426 g/mol. The molecule has 1 saturated carbocycles. The van der Waals surface area contributed by atoms with Gasteiger partial charge in [0.15, 0.2) is 6.29 Å². The number of nitrogen functional groups attached to an aromatic ring is 1. The zero-order valence-corrected chi connectivity index (χ0v) is 18.8. The molecule has 2 fully saturated rings. The number of hydrogen-bond donors (Lipinski definition) is 2. The number of nitrogens with two attached hydrogens (primary N) is 1. The van der Waals surface area contributed by atoms with E-state index < -0.39 is 6.17 Å². The number of fused-ring (bicyclic) bond motifs is 1. The van der Waals surface area contributed by atoms with Crippen molar-refractivity contribution >= 4 is 23.1 Å². The van der Waals surface area contributed by atoms with Crippen LogP contribution in [0.5, 0.6) is 0 Å². The first kappa shape index (κ1) is 21.0. The van der Waals surface area contributed by atoms with E-state index in [1.807, 2.05) is 11.0 Å². The maximum absolute atomic E-state index is 12.1. The fourth-order valence-electron chi connectivity index (χ4n) is 5.55. The molecule has 34 heavy (non-hydrogen) atoms. The Morgan fingerprint density at radius 1 is 1.03 bits per heavy atom. The Hall–Kier alpha value is -3.55. The van der Waals surface area contributed by atoms with Gasteiger partial charge in [0.25, 0.3) is 0 Å². The van der Waals surface area contributed by atoms with E-state index in [4.69, 9.17) is 5.73 Å². The molecule has 1 saturated heterocycles. The monoisotopic (exact) mass is 453 g/mol. The minimum Gasteiger partial charge on any atom is -0.390 e. The number of aliphatic hydroxyl groups is 1. The lowest BCUT2D eigenvalue weighted by Gasteiger charge is -2.43. The highest BCUT2D eigenvalue weighted by atomic mass is 16.3. The number of carbonyl (C=O) groups is 1. The number of likely N-dealkylation sites (tertiary alicyclic amines) is 1. The minimum absolute atomic E-state index is 0.0805. The Labute approximate surface area is 197 Å². The average Bonchev–Trinajstić information content (AvgIpc) is 3.19. The maximum atomic E-state index is 12.1. The van der Waals surface area contributed by atoms with Gasteiger partial charge in [0.05, 0.1) is 11.6 Å². The summed E-state index contributed by atoms with van der Waals surface area (Å²) < 4.78 is 2.09. The van der Waals surface area contributed by atoms with Crippen LogP contribution in [-0.4, -0.2) is 50.0 Å². The molecule has 2 aromatic heterocycles. The van der Waals surface area contributed by atoms with Crippen molar-refractivity contribution in [3.8, 4) is 11.1 Å². The second-order valence-electron chi connectivity index (χ2n) is 9.47. The lowest BCUT2D eigenvalue weighted by Crippen LogP contribution is -2.53. The summed E-state index contributed by atoms with van der Waals surface area (Å²) >= 11 is 0. The van der Waals surface area contributed by atoms with Crippen LogP contribution in [0, 0.1) is 0 Å². The number of nitrogens with zero attached hydrogens (tertiary/aromatic N) is 4. The van der Waals surface area contributed by atoms with E-state index in [-0.39, 0.29) is 17.5 Å². The Morgan fingerprint density at radius 2 is 1.74 bits per heavy atom. The molecule has 0 bridgehead atoms. The van der Waals surface area contributed by atoms with Crippen molar-refractivity contribution in [1.82, 2.24) is 19.4 Å². The van der Waals surface area contributed by atoms with Crippen LogP contribution in [0.3, 0.4) is 0 Å². The zero-order valence-electron chi connectivity index (χ0n) is 18.8. The molecular formula is C27H27N5O2. The van der Waals surface area contributed by atoms with Gasteiger partial charge in [-0.15, -0.1) is 0 Å². The summed E-state index contributed by atoms with van der Waals surface area (Å²) in [5, 5.41) is 11.0. The number of aldehydes is 1. The van der Waals surface area contributed by atoms with E-state index in [1.54, 1.807) is 12.4 Å². The lowest BCUT2D eigenvalue weighted by molar-refractivity contribution is -0.121. The van der Waals surface area contributed by atoms with Crippen molar-refractivity contribution in [1.29, 1.82) is 0 Å². The predicted octanol–water partition coefficient (Wildman–Crippen LogP) is 3.52. The minimum atomic E-state index is -0.410. The molecule has 3 N–H and O–H groups in total. The van der Waals surface area contributed by atoms with Gasteiger partial charge in [0.2, 0.25) is 5.95 Å². The fraction of sp³-hybridized carbons (Fsp3) is 0.296. The first-order valence-corrected chi connectivity index (χ1v) is 11.7. The molecule has 2 aliphatic rings. The molecule has 0 spiro atoms. The number of rotatable bonds is 6. The van der Waals surface area contributed by atoms with Gasteiger partial charge in [-0.3, -0.25) is 9.69 Å². The topological polar surface area (TPSA) is 97.3 Å². The number of anilines is 1. The Morgan fingerprint density at radius 3 is 2.35 bits per heavy atom. The number of β-amino-alcohol motifs (C(OH)–C–C–N with tert-alkyl or cyclic N) is 1. The van der Waals surface area contributed by atoms with E-state index in [2.05, 4.69) is 63.2 Å². The first-order valence-electron chi connectivity index (χ1n) is 11.7. The second kappa shape index (κ2) is 8.04. The third-order valence-electron chi connectivity index (χ3n) is 7.58. The molecule has 1 atom stereocenters. The fourth-order valence-corrected chi connectivity index (χ4v) is 5.55. The molecule has 1 aliphatic heterocycles. The van der Waals surface area contributed by atoms with E-state index in [9.17, 15) is 9.90 Å². The summed E-state index contributed by atoms with van der Waals surface area (Å²) in [6.45, 7) is 1.04. The number of benzene rings is 2. The lowest BCUT2D eigenvalue weighted by atomic mass is 9.60. The summed E-state index contributed by atoms with van der Waals surface area (Å²) in [7, 11) is 0. The second-order valence-corrected chi connectivity index (χ2v) is 9.47. The molecule has 6 rings (SSSR count). The molecule has 172 valence electrons. The van der Waals surface area contributed by atoms with E-state index in [1.165, 1.54) is 22.9 Å². The van der Waals surface area contributed by atoms with E-state index in [0.717, 1.165) is 35.8 Å². The van der Waals surface area contributed by atoms with Crippen LogP contribution in [0.4, 0.5) is 5.95 Å². The molecule has 7 heteroatoms. The molecule has 7 nitrogen and oxygen atoms in total. The normalized spacial score (nSPS) is 18.9. The van der Waals surface area contributed by atoms with Crippen LogP contribution in [0.25, 0.3) is 22.0 Å². The molecule has 0 radical (unpaired) electrons. The van der Waals surface area contributed by atoms with Gasteiger partial charge in [0, 0.05) is 48.0 Å². The molecule has 1 aliphatic carbocycles. The van der Waals surface area contributed by atoms with Gasteiger partial charge >= 0.3 is 0 Å². The van der Waals surface area contributed by atoms with Crippen molar-refractivity contribution in [3.05, 3.63) is 78.2 Å². The Balaban J connectivity index is 1.42. The first-order chi connectivity index (χ1) is 16.6. The number of aromatic nitrogens is 3. The molecule has 1 unspecified atom stereocenters. The van der Waals surface area contributed by atoms with E-state index in [0.29, 0.717) is 13.1 Å². The third kappa shape index (κ3) is 3.23. The van der Waals surface area contributed by atoms with Crippen LogP contribution in [0.2, 0.25) is 0 Å². The number of carbonyl (C=O) groups excluding carboxylic acids is 1. The zero-order chi connectivity index (χ0) is 23.3. The summed E-state index contributed by atoms with van der Waals surface area (Å²) in [6, 6.07) is 17.0. The quantitative estimate of drug-likeness (QED) is 0.434. The van der Waals surface area contributed by atoms with Crippen molar-refractivity contribution in [3.63, 3.8) is 0 Å². The summed E-state index contributed by atoms with van der Waals surface area (Å²) in [6.07, 6.45) is 9.20. The van der Waals surface area contributed by atoms with Gasteiger partial charge < -0.3 is 15.4 Å². The van der Waals surface area contributed by atoms with E-state index >= 15 is 0 Å². The highest BCUT2D eigenvalue weighted by molar-refractivity contribution is 5.87. The van der Waals surface area contributed by atoms with Crippen LogP contribution < -0.4 is 5.73 Å². The average molecular weight is 454 g/mol. The highest BCUT2D eigenvalue weighted by Gasteiger charge is 2.43. The number of para-hydroxylation sites is 1. The van der Waals surface area contributed by atoms with Crippen LogP contribution in [0.15, 0.2) is 67.1 Å². The SMILES string of the molecule is Nc1ncc(-c2ccc(C3(c4cn(C(C=O)N5CC(O)C5)c5ccccc45)CCC3)cc2)cn1. The molecule has 0 amide bonds. The van der Waals surface area contributed by atoms with Crippen LogP contribution in [-0.2, 0) is 10.2 Å². The van der Waals surface area contributed by atoms with Crippen molar-refractivity contribution < 1.29 is 9.90 Å². The van der Waals surface area contributed by atoms with Crippen molar-refractivity contribution in [2.45, 2.75) is 36.9 Å². The van der Waals surface area contributed by atoms with Crippen LogP contribution in [0.1, 0.15) is 36.6 Å². The largest absolute Gasteiger partial charge is 0.390 e. The smallest absolute Gasteiger partial charge is 0.219 e. The van der Waals surface area contributed by atoms with Crippen LogP contribution >= 0.6 is 0 Å². The standard InChI is InChI=1S/C27H27N5O2/c28-26-29-12-19(13-30-26)18-6-8-20(9-7-18)27(10-3-11-27)23-16-32(24-5-2-1-4-22(23)24)25(17-33)31-14-21(34)15-31/h1-2,4-9,12-13,16-17,21,25,34H,3,10-11,14-15H2,(H2,28,29,30). The van der Waals surface area contributed by atoms with Crippen molar-refractivity contribution in [2.24, 2.45) is 0 Å². The molecule has 3 heterocycles. The van der Waals surface area contributed by atoms with Gasteiger partial charge in [-0.05, 0) is 35.6 Å². The van der Waals surface area contributed by atoms with Gasteiger partial charge in [-0.2, -0.15) is 0 Å². The molecule has 2 aromatic carbocycles. The maximum Gasteiger partial charge on any atom is 0.219 e. The number of hydrogen-bond acceptors (Lipinski definition) is 6. The number of aliphatic hydroxyl groups excluding tert-OH is 1. The summed E-state index contributed by atoms with van der Waals surface area (Å²) in [5.74, 6) is 0.270. The van der Waals surface area contributed by atoms with Gasteiger partial charge in [0.1, 0.15) is 6.17 Å². The third-order valence-corrected chi connectivity index (χ3v) is 7.58. The van der Waals surface area contributed by atoms with Gasteiger partial charge in [-0.1, -0.05) is 48.9 Å². The Bertz CT molecular complexity index is 1340. The van der Waals surface area contributed by atoms with Gasteiger partial charge in [-0.25, -0.2) is 9.97 Å².